The van der Waals surface area contributed by atoms with E-state index in [1.807, 2.05) is 43.3 Å². The molecule has 36 heavy (non-hydrogen) atoms. The van der Waals surface area contributed by atoms with Gasteiger partial charge in [-0.25, -0.2) is 0 Å². The van der Waals surface area contributed by atoms with E-state index < -0.39 is 17.7 Å². The minimum Gasteiger partial charge on any atom is -0.507 e. The van der Waals surface area contributed by atoms with Gasteiger partial charge >= 0.3 is 0 Å². The molecule has 6 heteroatoms. The van der Waals surface area contributed by atoms with Gasteiger partial charge < -0.3 is 19.6 Å². The van der Waals surface area contributed by atoms with Crippen molar-refractivity contribution in [3.63, 3.8) is 0 Å². The Hall–Kier alpha value is -3.12. The Bertz CT molecular complexity index is 1060. The van der Waals surface area contributed by atoms with Crippen LogP contribution in [0.1, 0.15) is 69.2 Å². The van der Waals surface area contributed by atoms with Crippen molar-refractivity contribution >= 4 is 17.4 Å². The summed E-state index contributed by atoms with van der Waals surface area (Å²) >= 11 is 0. The molecule has 0 bridgehead atoms. The zero-order valence-electron chi connectivity index (χ0n) is 22.1. The number of amides is 1. The second kappa shape index (κ2) is 13.3. The summed E-state index contributed by atoms with van der Waals surface area (Å²) < 4.78 is 5.96. The topological polar surface area (TPSA) is 70.1 Å². The summed E-state index contributed by atoms with van der Waals surface area (Å²) in [6.45, 7) is 12.1. The van der Waals surface area contributed by atoms with Crippen LogP contribution in [0, 0.1) is 6.92 Å². The summed E-state index contributed by atoms with van der Waals surface area (Å²) in [5.74, 6) is -0.649. The SMILES string of the molecule is CCCCCOc1cccc(C2/C(=C(\O)c3ccc(C)cc3)C(=O)C(=O)N2CCCN(CC)CC)c1. The maximum absolute atomic E-state index is 13.3. The number of aryl methyl sites for hydroxylation is 1. The molecule has 2 aromatic rings. The van der Waals surface area contributed by atoms with Crippen LogP contribution in [0.4, 0.5) is 0 Å². The molecule has 0 saturated carbocycles. The average molecular weight is 493 g/mol. The number of hydrogen-bond acceptors (Lipinski definition) is 5. The molecule has 3 rings (SSSR count). The van der Waals surface area contributed by atoms with Crippen molar-refractivity contribution in [1.29, 1.82) is 0 Å². The van der Waals surface area contributed by atoms with Crippen LogP contribution in [0.25, 0.3) is 5.76 Å². The van der Waals surface area contributed by atoms with E-state index in [2.05, 4.69) is 25.7 Å². The van der Waals surface area contributed by atoms with Crippen LogP contribution in [0.2, 0.25) is 0 Å². The summed E-state index contributed by atoms with van der Waals surface area (Å²) in [4.78, 5) is 30.4. The number of carbonyl (C=O) groups excluding carboxylic acids is 2. The normalized spacial score (nSPS) is 17.2. The van der Waals surface area contributed by atoms with Gasteiger partial charge in [0.15, 0.2) is 0 Å². The van der Waals surface area contributed by atoms with E-state index in [1.54, 1.807) is 17.0 Å². The number of ether oxygens (including phenoxy) is 1. The van der Waals surface area contributed by atoms with Crippen molar-refractivity contribution < 1.29 is 19.4 Å². The second-order valence-corrected chi connectivity index (χ2v) is 9.37. The molecule has 2 aromatic carbocycles. The van der Waals surface area contributed by atoms with Crippen LogP contribution in [0.3, 0.4) is 0 Å². The first-order valence-electron chi connectivity index (χ1n) is 13.2. The number of unbranched alkanes of at least 4 members (excludes halogenated alkanes) is 2. The van der Waals surface area contributed by atoms with Gasteiger partial charge in [-0.1, -0.05) is 75.6 Å². The molecule has 1 N–H and O–H groups in total. The number of hydrogen-bond donors (Lipinski definition) is 1. The van der Waals surface area contributed by atoms with E-state index in [1.165, 1.54) is 0 Å². The highest BCUT2D eigenvalue weighted by molar-refractivity contribution is 6.46. The van der Waals surface area contributed by atoms with E-state index >= 15 is 0 Å². The molecule has 1 saturated heterocycles. The van der Waals surface area contributed by atoms with Gasteiger partial charge in [0.1, 0.15) is 11.5 Å². The lowest BCUT2D eigenvalue weighted by atomic mass is 9.95. The van der Waals surface area contributed by atoms with E-state index in [4.69, 9.17) is 4.74 Å². The van der Waals surface area contributed by atoms with Crippen molar-refractivity contribution in [2.45, 2.75) is 59.4 Å². The highest BCUT2D eigenvalue weighted by Gasteiger charge is 2.45. The molecule has 0 aliphatic carbocycles. The number of aliphatic hydroxyl groups excluding tert-OH is 1. The predicted molar refractivity (Wildman–Crippen MR) is 144 cm³/mol. The number of Topliss-reactive ketones (excluding diaryl/α,β-unsaturated/α-hetero) is 1. The van der Waals surface area contributed by atoms with Crippen molar-refractivity contribution in [2.24, 2.45) is 0 Å². The summed E-state index contributed by atoms with van der Waals surface area (Å²) in [7, 11) is 0. The molecule has 1 aliphatic heterocycles. The molecule has 0 spiro atoms. The van der Waals surface area contributed by atoms with Gasteiger partial charge in [0, 0.05) is 12.1 Å². The van der Waals surface area contributed by atoms with Crippen LogP contribution in [-0.2, 0) is 9.59 Å². The Morgan fingerprint density at radius 3 is 2.39 bits per heavy atom. The Labute approximate surface area is 215 Å². The van der Waals surface area contributed by atoms with Gasteiger partial charge in [-0.05, 0) is 57.1 Å². The standard InChI is InChI=1S/C30H40N2O4/c1-5-8-9-20-36-25-13-10-12-24(21-25)27-26(28(33)23-16-14-22(4)15-17-23)29(34)30(35)32(27)19-11-18-31(6-2)7-3/h10,12-17,21,27,33H,5-9,11,18-20H2,1-4H3/b28-26+. The lowest BCUT2D eigenvalue weighted by Gasteiger charge is -2.27. The van der Waals surface area contributed by atoms with Gasteiger partial charge in [-0.15, -0.1) is 0 Å². The van der Waals surface area contributed by atoms with Crippen LogP contribution in [0.15, 0.2) is 54.1 Å². The molecule has 1 heterocycles. The van der Waals surface area contributed by atoms with Gasteiger partial charge in [-0.2, -0.15) is 0 Å². The van der Waals surface area contributed by atoms with Crippen molar-refractivity contribution in [3.05, 3.63) is 70.8 Å². The third kappa shape index (κ3) is 6.55. The van der Waals surface area contributed by atoms with E-state index in [0.717, 1.165) is 56.4 Å². The fourth-order valence-electron chi connectivity index (χ4n) is 4.65. The first-order chi connectivity index (χ1) is 17.4. The van der Waals surface area contributed by atoms with Crippen LogP contribution in [-0.4, -0.2) is 59.4 Å². The van der Waals surface area contributed by atoms with Crippen LogP contribution >= 0.6 is 0 Å². The average Bonchev–Trinajstić information content (AvgIpc) is 3.14. The number of carbonyl (C=O) groups is 2. The van der Waals surface area contributed by atoms with Crippen molar-refractivity contribution in [1.82, 2.24) is 9.80 Å². The minimum atomic E-state index is -0.665. The summed E-state index contributed by atoms with van der Waals surface area (Å²) in [6, 6.07) is 14.2. The fraction of sp³-hybridized carbons (Fsp3) is 0.467. The van der Waals surface area contributed by atoms with Gasteiger partial charge in [0.25, 0.3) is 11.7 Å². The Morgan fingerprint density at radius 2 is 1.72 bits per heavy atom. The number of ketones is 1. The first-order valence-corrected chi connectivity index (χ1v) is 13.2. The lowest BCUT2D eigenvalue weighted by Crippen LogP contribution is -2.33. The largest absolute Gasteiger partial charge is 0.507 e. The van der Waals surface area contributed by atoms with E-state index in [-0.39, 0.29) is 11.3 Å². The molecular formula is C30H40N2O4. The van der Waals surface area contributed by atoms with Crippen LogP contribution < -0.4 is 4.74 Å². The molecule has 1 aliphatic rings. The highest BCUT2D eigenvalue weighted by Crippen LogP contribution is 2.40. The zero-order valence-corrected chi connectivity index (χ0v) is 22.1. The van der Waals surface area contributed by atoms with Gasteiger partial charge in [0.05, 0.1) is 18.2 Å². The predicted octanol–water partition coefficient (Wildman–Crippen LogP) is 5.72. The summed E-state index contributed by atoms with van der Waals surface area (Å²) in [6.07, 6.45) is 3.93. The number of likely N-dealkylation sites (tertiary alicyclic amines) is 1. The van der Waals surface area contributed by atoms with Gasteiger partial charge in [-0.3, -0.25) is 9.59 Å². The maximum Gasteiger partial charge on any atom is 0.295 e. The smallest absolute Gasteiger partial charge is 0.295 e. The molecule has 1 fully saturated rings. The van der Waals surface area contributed by atoms with Crippen molar-refractivity contribution in [3.8, 4) is 5.75 Å². The Balaban J connectivity index is 1.98. The number of benzene rings is 2. The number of rotatable bonds is 13. The first kappa shape index (κ1) is 27.5. The molecule has 0 aromatic heterocycles. The molecule has 194 valence electrons. The summed E-state index contributed by atoms with van der Waals surface area (Å²) in [5.41, 5.74) is 2.47. The Morgan fingerprint density at radius 1 is 1.00 bits per heavy atom. The third-order valence-electron chi connectivity index (χ3n) is 6.82. The number of aliphatic hydroxyl groups is 1. The second-order valence-electron chi connectivity index (χ2n) is 9.37. The zero-order chi connectivity index (χ0) is 26.1. The van der Waals surface area contributed by atoms with Gasteiger partial charge in [0.2, 0.25) is 0 Å². The minimum absolute atomic E-state index is 0.134. The van der Waals surface area contributed by atoms with E-state index in [0.29, 0.717) is 24.5 Å². The molecule has 1 amide bonds. The fourth-order valence-corrected chi connectivity index (χ4v) is 4.65. The molecule has 1 atom stereocenters. The van der Waals surface area contributed by atoms with Crippen LogP contribution in [0.5, 0.6) is 5.75 Å². The summed E-state index contributed by atoms with van der Waals surface area (Å²) in [5, 5.41) is 11.2. The quantitative estimate of drug-likeness (QED) is 0.168. The molecule has 0 radical (unpaired) electrons. The molecule has 1 unspecified atom stereocenters. The number of nitrogens with zero attached hydrogens (tertiary/aromatic N) is 2. The Kier molecular flexibility index (Phi) is 10.1. The monoisotopic (exact) mass is 492 g/mol. The molecular weight excluding hydrogens is 452 g/mol. The maximum atomic E-state index is 13.3. The highest BCUT2D eigenvalue weighted by atomic mass is 16.5. The van der Waals surface area contributed by atoms with E-state index in [9.17, 15) is 14.7 Å². The molecule has 6 nitrogen and oxygen atoms in total. The lowest BCUT2D eigenvalue weighted by molar-refractivity contribution is -0.140. The van der Waals surface area contributed by atoms with Crippen molar-refractivity contribution in [2.75, 3.05) is 32.8 Å². The third-order valence-corrected chi connectivity index (χ3v) is 6.82.